The third-order valence-electron chi connectivity index (χ3n) is 3.09. The van der Waals surface area contributed by atoms with Crippen LogP contribution in [-0.2, 0) is 0 Å². The second kappa shape index (κ2) is 4.05. The van der Waals surface area contributed by atoms with Gasteiger partial charge in [0.1, 0.15) is 0 Å². The van der Waals surface area contributed by atoms with Crippen molar-refractivity contribution in [2.45, 2.75) is 6.92 Å². The number of hydrogen-bond donors (Lipinski definition) is 1. The minimum Gasteiger partial charge on any atom is -0.356 e. The van der Waals surface area contributed by atoms with Crippen molar-refractivity contribution < 1.29 is 0 Å². The number of hydrogen-bond acceptors (Lipinski definition) is 0. The van der Waals surface area contributed by atoms with Gasteiger partial charge in [-0.05, 0) is 25.1 Å². The molecular formula is C16H12N2. The number of benzene rings is 2. The lowest BCUT2D eigenvalue weighted by atomic mass is 10.1. The summed E-state index contributed by atoms with van der Waals surface area (Å²) >= 11 is 0. The van der Waals surface area contributed by atoms with Gasteiger partial charge in [0, 0.05) is 22.2 Å². The highest BCUT2D eigenvalue weighted by atomic mass is 14.7. The number of H-pyrrole nitrogens is 1. The summed E-state index contributed by atoms with van der Waals surface area (Å²) in [6.07, 6.45) is 0. The lowest BCUT2D eigenvalue weighted by molar-refractivity contribution is 1.44. The molecular weight excluding hydrogens is 220 g/mol. The van der Waals surface area contributed by atoms with E-state index in [0.29, 0.717) is 5.69 Å². The van der Waals surface area contributed by atoms with Crippen LogP contribution >= 0.6 is 0 Å². The minimum absolute atomic E-state index is 0.681. The standard InChI is InChI=1S/C16H12N2/c1-11-7-8-14-12(9-11)10-16(18-14)13-5-3-4-6-15(13)17-2/h3-10,18H,1H3. The van der Waals surface area contributed by atoms with Crippen LogP contribution in [0.15, 0.2) is 48.5 Å². The van der Waals surface area contributed by atoms with Crippen LogP contribution in [0.1, 0.15) is 5.56 Å². The molecule has 2 aromatic carbocycles. The predicted octanol–water partition coefficient (Wildman–Crippen LogP) is 4.69. The van der Waals surface area contributed by atoms with Gasteiger partial charge in [0.05, 0.1) is 6.57 Å². The molecule has 2 heteroatoms. The minimum atomic E-state index is 0.681. The Bertz CT molecular complexity index is 760. The number of rotatable bonds is 1. The summed E-state index contributed by atoms with van der Waals surface area (Å²) in [5.41, 5.74) is 4.99. The van der Waals surface area contributed by atoms with Crippen molar-refractivity contribution in [3.63, 3.8) is 0 Å². The molecule has 0 amide bonds. The van der Waals surface area contributed by atoms with Crippen molar-refractivity contribution >= 4 is 16.6 Å². The van der Waals surface area contributed by atoms with Crippen LogP contribution in [-0.4, -0.2) is 4.98 Å². The molecule has 86 valence electrons. The summed E-state index contributed by atoms with van der Waals surface area (Å²) in [7, 11) is 0. The maximum atomic E-state index is 7.21. The molecule has 0 spiro atoms. The number of fused-ring (bicyclic) bond motifs is 1. The summed E-state index contributed by atoms with van der Waals surface area (Å²) in [4.78, 5) is 6.94. The summed E-state index contributed by atoms with van der Waals surface area (Å²) < 4.78 is 0. The molecule has 1 heterocycles. The Hall–Kier alpha value is -2.53. The van der Waals surface area contributed by atoms with Crippen LogP contribution in [0, 0.1) is 13.5 Å². The quantitative estimate of drug-likeness (QED) is 0.587. The van der Waals surface area contributed by atoms with Crippen molar-refractivity contribution in [1.29, 1.82) is 0 Å². The highest BCUT2D eigenvalue weighted by molar-refractivity contribution is 5.89. The summed E-state index contributed by atoms with van der Waals surface area (Å²) in [5.74, 6) is 0. The topological polar surface area (TPSA) is 20.1 Å². The molecule has 3 aromatic rings. The second-order valence-electron chi connectivity index (χ2n) is 4.40. The molecule has 0 unspecified atom stereocenters. The van der Waals surface area contributed by atoms with Gasteiger partial charge in [0.25, 0.3) is 0 Å². The first-order valence-electron chi connectivity index (χ1n) is 5.84. The zero-order valence-electron chi connectivity index (χ0n) is 10.1. The monoisotopic (exact) mass is 232 g/mol. The van der Waals surface area contributed by atoms with E-state index in [1.54, 1.807) is 0 Å². The number of nitrogens with one attached hydrogen (secondary N) is 1. The zero-order chi connectivity index (χ0) is 12.5. The first-order valence-corrected chi connectivity index (χ1v) is 5.84. The van der Waals surface area contributed by atoms with Crippen LogP contribution in [0.3, 0.4) is 0 Å². The lowest BCUT2D eigenvalue weighted by Gasteiger charge is -1.99. The maximum absolute atomic E-state index is 7.21. The summed E-state index contributed by atoms with van der Waals surface area (Å²) in [6, 6.07) is 16.1. The zero-order valence-corrected chi connectivity index (χ0v) is 10.1. The Balaban J connectivity index is 2.23. The average molecular weight is 232 g/mol. The van der Waals surface area contributed by atoms with Crippen LogP contribution in [0.25, 0.3) is 27.0 Å². The van der Waals surface area contributed by atoms with Crippen molar-refractivity contribution in [3.8, 4) is 11.3 Å². The summed E-state index contributed by atoms with van der Waals surface area (Å²) in [5, 5.41) is 1.18. The highest BCUT2D eigenvalue weighted by Gasteiger charge is 2.07. The number of aromatic nitrogens is 1. The van der Waals surface area contributed by atoms with Gasteiger partial charge in [0.15, 0.2) is 5.69 Å². The van der Waals surface area contributed by atoms with Gasteiger partial charge >= 0.3 is 0 Å². The van der Waals surface area contributed by atoms with Crippen LogP contribution < -0.4 is 0 Å². The van der Waals surface area contributed by atoms with E-state index >= 15 is 0 Å². The molecule has 1 N–H and O–H groups in total. The molecule has 3 rings (SSSR count). The summed E-state index contributed by atoms with van der Waals surface area (Å²) in [6.45, 7) is 9.30. The molecule has 1 aromatic heterocycles. The number of aromatic amines is 1. The molecule has 0 aliphatic rings. The molecule has 0 aliphatic carbocycles. The van der Waals surface area contributed by atoms with E-state index in [9.17, 15) is 0 Å². The molecule has 0 saturated heterocycles. The molecule has 2 nitrogen and oxygen atoms in total. The second-order valence-corrected chi connectivity index (χ2v) is 4.40. The molecule has 0 aliphatic heterocycles. The first kappa shape index (κ1) is 10.6. The Kier molecular flexibility index (Phi) is 2.39. The maximum Gasteiger partial charge on any atom is 0.196 e. The Morgan fingerprint density at radius 2 is 1.89 bits per heavy atom. The van der Waals surface area contributed by atoms with E-state index in [4.69, 9.17) is 6.57 Å². The number of para-hydroxylation sites is 1. The van der Waals surface area contributed by atoms with Crippen molar-refractivity contribution in [2.24, 2.45) is 0 Å². The lowest BCUT2D eigenvalue weighted by Crippen LogP contribution is -1.76. The predicted molar refractivity (Wildman–Crippen MR) is 74.7 cm³/mol. The van der Waals surface area contributed by atoms with Gasteiger partial charge in [-0.15, -0.1) is 0 Å². The smallest absolute Gasteiger partial charge is 0.196 e. The van der Waals surface area contributed by atoms with Crippen molar-refractivity contribution in [1.82, 2.24) is 4.98 Å². The Morgan fingerprint density at radius 1 is 1.06 bits per heavy atom. The molecule has 0 fully saturated rings. The normalized spacial score (nSPS) is 10.4. The van der Waals surface area contributed by atoms with E-state index in [2.05, 4.69) is 41.0 Å². The number of aryl methyl sites for hydroxylation is 1. The van der Waals surface area contributed by atoms with Gasteiger partial charge in [-0.25, -0.2) is 4.85 Å². The van der Waals surface area contributed by atoms with E-state index in [1.165, 1.54) is 10.9 Å². The van der Waals surface area contributed by atoms with Crippen LogP contribution in [0.2, 0.25) is 0 Å². The van der Waals surface area contributed by atoms with E-state index < -0.39 is 0 Å². The van der Waals surface area contributed by atoms with Crippen LogP contribution in [0.4, 0.5) is 5.69 Å². The molecule has 0 bridgehead atoms. The highest BCUT2D eigenvalue weighted by Crippen LogP contribution is 2.31. The molecule has 0 radical (unpaired) electrons. The van der Waals surface area contributed by atoms with E-state index in [-0.39, 0.29) is 0 Å². The molecule has 0 atom stereocenters. The van der Waals surface area contributed by atoms with Gasteiger partial charge in [-0.3, -0.25) is 0 Å². The van der Waals surface area contributed by atoms with E-state index in [0.717, 1.165) is 16.8 Å². The van der Waals surface area contributed by atoms with Crippen molar-refractivity contribution in [2.75, 3.05) is 0 Å². The fourth-order valence-corrected chi connectivity index (χ4v) is 2.20. The fraction of sp³-hybridized carbons (Fsp3) is 0.0625. The number of nitrogens with zero attached hydrogens (tertiary/aromatic N) is 1. The van der Waals surface area contributed by atoms with E-state index in [1.807, 2.05) is 24.3 Å². The van der Waals surface area contributed by atoms with Crippen molar-refractivity contribution in [3.05, 3.63) is 65.5 Å². The van der Waals surface area contributed by atoms with Gasteiger partial charge < -0.3 is 4.98 Å². The molecule has 18 heavy (non-hydrogen) atoms. The fourth-order valence-electron chi connectivity index (χ4n) is 2.20. The average Bonchev–Trinajstić information content (AvgIpc) is 2.81. The molecule has 0 saturated carbocycles. The third kappa shape index (κ3) is 1.66. The largest absolute Gasteiger partial charge is 0.356 e. The van der Waals surface area contributed by atoms with Gasteiger partial charge in [-0.1, -0.05) is 35.9 Å². The Morgan fingerprint density at radius 3 is 2.72 bits per heavy atom. The van der Waals surface area contributed by atoms with Crippen LogP contribution in [0.5, 0.6) is 0 Å². The van der Waals surface area contributed by atoms with Gasteiger partial charge in [0.2, 0.25) is 0 Å². The third-order valence-corrected chi connectivity index (χ3v) is 3.09. The van der Waals surface area contributed by atoms with Gasteiger partial charge in [-0.2, -0.15) is 0 Å². The SMILES string of the molecule is [C-]#[N+]c1ccccc1-c1cc2cc(C)ccc2[nH]1. The Labute approximate surface area is 106 Å². The first-order chi connectivity index (χ1) is 8.78.